The normalized spacial score (nSPS) is 28.7. The molecular weight excluding hydrogens is 270 g/mol. The second-order valence-electron chi connectivity index (χ2n) is 6.22. The minimum absolute atomic E-state index is 0.192. The van der Waals surface area contributed by atoms with E-state index in [1.165, 1.54) is 6.42 Å². The number of carbonyl (C=O) groups is 1. The molecule has 1 N–H and O–H groups in total. The van der Waals surface area contributed by atoms with E-state index in [0.29, 0.717) is 25.3 Å². The second-order valence-corrected chi connectivity index (χ2v) is 6.22. The minimum atomic E-state index is 0.192. The van der Waals surface area contributed by atoms with Crippen LogP contribution in [0.25, 0.3) is 0 Å². The van der Waals surface area contributed by atoms with Crippen LogP contribution < -0.4 is 5.32 Å². The summed E-state index contributed by atoms with van der Waals surface area (Å²) in [5.41, 5.74) is 0. The number of morpholine rings is 1. The number of ether oxygens (including phenoxy) is 2. The number of amides is 2. The zero-order valence-electron chi connectivity index (χ0n) is 12.8. The fraction of sp³-hybridized carbons (Fsp3) is 0.933. The number of urea groups is 1. The minimum Gasteiger partial charge on any atom is -0.380 e. The lowest BCUT2D eigenvalue weighted by Crippen LogP contribution is -2.53. The molecule has 3 saturated heterocycles. The third-order valence-corrected chi connectivity index (χ3v) is 4.68. The van der Waals surface area contributed by atoms with E-state index in [0.717, 1.165) is 58.7 Å². The first-order valence-electron chi connectivity index (χ1n) is 8.28. The van der Waals surface area contributed by atoms with Crippen molar-refractivity contribution < 1.29 is 14.3 Å². The summed E-state index contributed by atoms with van der Waals surface area (Å²) in [7, 11) is 0. The van der Waals surface area contributed by atoms with Gasteiger partial charge >= 0.3 is 6.03 Å². The molecule has 3 rings (SSSR count). The summed E-state index contributed by atoms with van der Waals surface area (Å²) in [6.07, 6.45) is 4.47. The van der Waals surface area contributed by atoms with Gasteiger partial charge in [-0.05, 0) is 25.7 Å². The highest BCUT2D eigenvalue weighted by Crippen LogP contribution is 2.16. The highest BCUT2D eigenvalue weighted by molar-refractivity contribution is 5.74. The van der Waals surface area contributed by atoms with Crippen molar-refractivity contribution in [3.8, 4) is 0 Å². The average molecular weight is 297 g/mol. The molecule has 0 bridgehead atoms. The van der Waals surface area contributed by atoms with Crippen molar-refractivity contribution in [2.45, 2.75) is 37.8 Å². The van der Waals surface area contributed by atoms with Crippen molar-refractivity contribution in [3.63, 3.8) is 0 Å². The van der Waals surface area contributed by atoms with E-state index in [2.05, 4.69) is 5.32 Å². The number of nitrogens with zero attached hydrogens (tertiary/aromatic N) is 2. The molecule has 0 aromatic carbocycles. The van der Waals surface area contributed by atoms with E-state index in [4.69, 9.17) is 9.47 Å². The average Bonchev–Trinajstić information content (AvgIpc) is 2.57. The maximum absolute atomic E-state index is 12.4. The molecule has 3 fully saturated rings. The van der Waals surface area contributed by atoms with Gasteiger partial charge in [0.25, 0.3) is 0 Å². The lowest BCUT2D eigenvalue weighted by molar-refractivity contribution is 0.0388. The van der Waals surface area contributed by atoms with Gasteiger partial charge in [0.1, 0.15) is 0 Å². The predicted molar refractivity (Wildman–Crippen MR) is 79.4 cm³/mol. The Morgan fingerprint density at radius 3 is 2.24 bits per heavy atom. The summed E-state index contributed by atoms with van der Waals surface area (Å²) < 4.78 is 10.8. The van der Waals surface area contributed by atoms with E-state index in [-0.39, 0.29) is 6.03 Å². The fourth-order valence-corrected chi connectivity index (χ4v) is 3.40. The molecule has 0 radical (unpaired) electrons. The number of nitrogens with one attached hydrogen (secondary N) is 1. The third kappa shape index (κ3) is 4.08. The first kappa shape index (κ1) is 15.1. The lowest BCUT2D eigenvalue weighted by Gasteiger charge is -2.38. The standard InChI is InChI=1S/C15H27N3O3/c19-15(18-7-10-20-11-8-18)17-5-3-13(4-6-17)16-14-2-1-9-21-12-14/h13-14,16H,1-12H2/t14-/m1/s1. The summed E-state index contributed by atoms with van der Waals surface area (Å²) in [6, 6.07) is 1.23. The van der Waals surface area contributed by atoms with Crippen LogP contribution in [0.2, 0.25) is 0 Å². The van der Waals surface area contributed by atoms with Gasteiger partial charge in [-0.1, -0.05) is 0 Å². The van der Waals surface area contributed by atoms with Crippen LogP contribution in [0.4, 0.5) is 4.79 Å². The van der Waals surface area contributed by atoms with Crippen LogP contribution in [0, 0.1) is 0 Å². The van der Waals surface area contributed by atoms with Gasteiger partial charge in [-0.2, -0.15) is 0 Å². The van der Waals surface area contributed by atoms with Gasteiger partial charge in [-0.25, -0.2) is 4.79 Å². The van der Waals surface area contributed by atoms with Gasteiger partial charge in [0.2, 0.25) is 0 Å². The Bertz CT molecular complexity index is 333. The smallest absolute Gasteiger partial charge is 0.320 e. The molecule has 0 aromatic heterocycles. The SMILES string of the molecule is O=C(N1CCOCC1)N1CCC(N[C@@H]2CCCOC2)CC1. The number of hydrogen-bond acceptors (Lipinski definition) is 4. The maximum Gasteiger partial charge on any atom is 0.320 e. The number of rotatable bonds is 2. The van der Waals surface area contributed by atoms with Gasteiger partial charge in [0.15, 0.2) is 0 Å². The topological polar surface area (TPSA) is 54.0 Å². The Balaban J connectivity index is 1.40. The van der Waals surface area contributed by atoms with Crippen molar-refractivity contribution in [3.05, 3.63) is 0 Å². The maximum atomic E-state index is 12.4. The summed E-state index contributed by atoms with van der Waals surface area (Å²) in [5.74, 6) is 0. The Hall–Kier alpha value is -0.850. The molecule has 3 heterocycles. The van der Waals surface area contributed by atoms with Gasteiger partial charge in [0.05, 0.1) is 19.8 Å². The van der Waals surface area contributed by atoms with Crippen LogP contribution in [0.1, 0.15) is 25.7 Å². The van der Waals surface area contributed by atoms with Crippen molar-refractivity contribution in [2.75, 3.05) is 52.6 Å². The van der Waals surface area contributed by atoms with Crippen molar-refractivity contribution in [1.82, 2.24) is 15.1 Å². The molecule has 2 amide bonds. The third-order valence-electron chi connectivity index (χ3n) is 4.68. The van der Waals surface area contributed by atoms with Crippen LogP contribution in [0.3, 0.4) is 0 Å². The van der Waals surface area contributed by atoms with Crippen LogP contribution in [-0.4, -0.2) is 80.5 Å². The fourth-order valence-electron chi connectivity index (χ4n) is 3.40. The molecule has 1 atom stereocenters. The van der Waals surface area contributed by atoms with E-state index in [1.807, 2.05) is 9.80 Å². The van der Waals surface area contributed by atoms with Crippen LogP contribution in [-0.2, 0) is 9.47 Å². The molecule has 0 aromatic rings. The van der Waals surface area contributed by atoms with Crippen molar-refractivity contribution in [1.29, 1.82) is 0 Å². The quantitative estimate of drug-likeness (QED) is 0.814. The summed E-state index contributed by atoms with van der Waals surface area (Å²) in [4.78, 5) is 16.3. The summed E-state index contributed by atoms with van der Waals surface area (Å²) in [5, 5.41) is 3.70. The molecule has 0 unspecified atom stereocenters. The molecular formula is C15H27N3O3. The van der Waals surface area contributed by atoms with Crippen LogP contribution >= 0.6 is 0 Å². The zero-order chi connectivity index (χ0) is 14.5. The molecule has 21 heavy (non-hydrogen) atoms. The van der Waals surface area contributed by atoms with Crippen LogP contribution in [0.15, 0.2) is 0 Å². The largest absolute Gasteiger partial charge is 0.380 e. The first-order valence-corrected chi connectivity index (χ1v) is 8.28. The molecule has 0 saturated carbocycles. The van der Waals surface area contributed by atoms with Crippen molar-refractivity contribution >= 4 is 6.03 Å². The molecule has 120 valence electrons. The van der Waals surface area contributed by atoms with Crippen LogP contribution in [0.5, 0.6) is 0 Å². The predicted octanol–water partition coefficient (Wildman–Crippen LogP) is 0.672. The number of piperidine rings is 1. The number of hydrogen-bond donors (Lipinski definition) is 1. The lowest BCUT2D eigenvalue weighted by atomic mass is 10.0. The molecule has 0 spiro atoms. The Morgan fingerprint density at radius 2 is 1.57 bits per heavy atom. The Kier molecular flexibility index (Phi) is 5.32. The van der Waals surface area contributed by atoms with Gasteiger partial charge in [-0.3, -0.25) is 0 Å². The number of carbonyl (C=O) groups excluding carboxylic acids is 1. The van der Waals surface area contributed by atoms with Gasteiger partial charge < -0.3 is 24.6 Å². The summed E-state index contributed by atoms with van der Waals surface area (Å²) in [6.45, 7) is 6.28. The highest BCUT2D eigenvalue weighted by atomic mass is 16.5. The molecule has 3 aliphatic heterocycles. The second kappa shape index (κ2) is 7.42. The first-order chi connectivity index (χ1) is 10.3. The molecule has 6 heteroatoms. The van der Waals surface area contributed by atoms with E-state index in [1.54, 1.807) is 0 Å². The molecule has 0 aliphatic carbocycles. The van der Waals surface area contributed by atoms with E-state index < -0.39 is 0 Å². The molecule has 6 nitrogen and oxygen atoms in total. The van der Waals surface area contributed by atoms with Gasteiger partial charge in [0, 0.05) is 44.9 Å². The monoisotopic (exact) mass is 297 g/mol. The van der Waals surface area contributed by atoms with Gasteiger partial charge in [-0.15, -0.1) is 0 Å². The Morgan fingerprint density at radius 1 is 0.857 bits per heavy atom. The summed E-state index contributed by atoms with van der Waals surface area (Å²) >= 11 is 0. The Labute approximate surface area is 126 Å². The number of likely N-dealkylation sites (tertiary alicyclic amines) is 1. The zero-order valence-corrected chi connectivity index (χ0v) is 12.8. The van der Waals surface area contributed by atoms with Crippen molar-refractivity contribution in [2.24, 2.45) is 0 Å². The van der Waals surface area contributed by atoms with E-state index >= 15 is 0 Å². The van der Waals surface area contributed by atoms with E-state index in [9.17, 15) is 4.79 Å². The molecule has 3 aliphatic rings. The highest BCUT2D eigenvalue weighted by Gasteiger charge is 2.28.